The lowest BCUT2D eigenvalue weighted by Crippen LogP contribution is -2.28. The quantitative estimate of drug-likeness (QED) is 0.743. The number of hydrogen-bond donors (Lipinski definition) is 2. The molecule has 1 aromatic heterocycles. The van der Waals surface area contributed by atoms with Gasteiger partial charge in [0.2, 0.25) is 0 Å². The Balaban J connectivity index is 2.47. The fourth-order valence-corrected chi connectivity index (χ4v) is 1.60. The zero-order chi connectivity index (χ0) is 14.3. The Bertz CT molecular complexity index is 428. The second-order valence-electron chi connectivity index (χ2n) is 4.43. The molecule has 6 nitrogen and oxygen atoms in total. The minimum Gasteiger partial charge on any atom is -0.480 e. The van der Waals surface area contributed by atoms with E-state index in [1.54, 1.807) is 12.1 Å². The third-order valence-corrected chi connectivity index (χ3v) is 2.60. The van der Waals surface area contributed by atoms with E-state index in [0.29, 0.717) is 12.3 Å². The fourth-order valence-electron chi connectivity index (χ4n) is 1.60. The summed E-state index contributed by atoms with van der Waals surface area (Å²) in [7, 11) is 1.99. The number of unbranched alkanes of at least 4 members (excludes halogenated alkanes) is 1. The maximum Gasteiger partial charge on any atom is 0.322 e. The molecule has 6 heteroatoms. The first-order valence-electron chi connectivity index (χ1n) is 6.30. The lowest BCUT2D eigenvalue weighted by atomic mass is 10.3. The predicted molar refractivity (Wildman–Crippen MR) is 69.9 cm³/mol. The van der Waals surface area contributed by atoms with E-state index in [1.807, 2.05) is 7.05 Å². The minimum atomic E-state index is -1.08. The maximum absolute atomic E-state index is 11.5. The van der Waals surface area contributed by atoms with Crippen molar-refractivity contribution in [3.8, 4) is 0 Å². The van der Waals surface area contributed by atoms with Crippen LogP contribution >= 0.6 is 0 Å². The SMILES string of the molecule is CCCCN(C)Cc1ccc(C(=O)NCC(=O)O)o1. The third kappa shape index (κ3) is 5.56. The molecular weight excluding hydrogens is 248 g/mol. The van der Waals surface area contributed by atoms with Crippen LogP contribution in [-0.2, 0) is 11.3 Å². The monoisotopic (exact) mass is 268 g/mol. The highest BCUT2D eigenvalue weighted by Crippen LogP contribution is 2.10. The normalized spacial score (nSPS) is 10.7. The van der Waals surface area contributed by atoms with Crippen molar-refractivity contribution in [3.05, 3.63) is 23.7 Å². The van der Waals surface area contributed by atoms with Gasteiger partial charge in [-0.2, -0.15) is 0 Å². The van der Waals surface area contributed by atoms with Gasteiger partial charge >= 0.3 is 5.97 Å². The van der Waals surface area contributed by atoms with Crippen LogP contribution in [0.5, 0.6) is 0 Å². The zero-order valence-corrected chi connectivity index (χ0v) is 11.3. The lowest BCUT2D eigenvalue weighted by molar-refractivity contribution is -0.135. The number of carbonyl (C=O) groups excluding carboxylic acids is 1. The Kier molecular flexibility index (Phi) is 6.08. The van der Waals surface area contributed by atoms with Crippen LogP contribution in [0.3, 0.4) is 0 Å². The van der Waals surface area contributed by atoms with Gasteiger partial charge < -0.3 is 14.8 Å². The number of nitrogens with one attached hydrogen (secondary N) is 1. The minimum absolute atomic E-state index is 0.139. The standard InChI is InChI=1S/C13H20N2O4/c1-3-4-7-15(2)9-10-5-6-11(19-10)13(18)14-8-12(16)17/h5-6H,3-4,7-9H2,1-2H3,(H,14,18)(H,16,17). The molecular formula is C13H20N2O4. The first-order valence-corrected chi connectivity index (χ1v) is 6.30. The molecule has 0 bridgehead atoms. The number of aliphatic carboxylic acids is 1. The molecule has 0 fully saturated rings. The number of rotatable bonds is 8. The van der Waals surface area contributed by atoms with E-state index in [9.17, 15) is 9.59 Å². The molecule has 0 aliphatic rings. The highest BCUT2D eigenvalue weighted by molar-refractivity contribution is 5.93. The van der Waals surface area contributed by atoms with Crippen molar-refractivity contribution < 1.29 is 19.1 Å². The maximum atomic E-state index is 11.5. The second kappa shape index (κ2) is 7.58. The molecule has 2 N–H and O–H groups in total. The summed E-state index contributed by atoms with van der Waals surface area (Å²) in [5.41, 5.74) is 0. The summed E-state index contributed by atoms with van der Waals surface area (Å²) in [6.07, 6.45) is 2.24. The number of amides is 1. The molecule has 1 aromatic rings. The highest BCUT2D eigenvalue weighted by Gasteiger charge is 2.12. The van der Waals surface area contributed by atoms with Gasteiger partial charge in [0.1, 0.15) is 12.3 Å². The summed E-state index contributed by atoms with van der Waals surface area (Å²) >= 11 is 0. The number of furan rings is 1. The average molecular weight is 268 g/mol. The van der Waals surface area contributed by atoms with Crippen molar-refractivity contribution in [2.45, 2.75) is 26.3 Å². The van der Waals surface area contributed by atoms with Crippen molar-refractivity contribution in [2.24, 2.45) is 0 Å². The van der Waals surface area contributed by atoms with Crippen molar-refractivity contribution >= 4 is 11.9 Å². The van der Waals surface area contributed by atoms with Gasteiger partial charge in [-0.25, -0.2) is 0 Å². The average Bonchev–Trinajstić information content (AvgIpc) is 2.81. The van der Waals surface area contributed by atoms with E-state index in [4.69, 9.17) is 9.52 Å². The summed E-state index contributed by atoms with van der Waals surface area (Å²) in [5.74, 6) is -0.761. The first kappa shape index (κ1) is 15.2. The molecule has 106 valence electrons. The van der Waals surface area contributed by atoms with E-state index >= 15 is 0 Å². The van der Waals surface area contributed by atoms with E-state index < -0.39 is 18.4 Å². The lowest BCUT2D eigenvalue weighted by Gasteiger charge is -2.13. The van der Waals surface area contributed by atoms with Crippen molar-refractivity contribution in [1.29, 1.82) is 0 Å². The van der Waals surface area contributed by atoms with Gasteiger partial charge in [-0.1, -0.05) is 13.3 Å². The van der Waals surface area contributed by atoms with Gasteiger partial charge in [-0.15, -0.1) is 0 Å². The van der Waals surface area contributed by atoms with E-state index in [2.05, 4.69) is 17.1 Å². The first-order chi connectivity index (χ1) is 9.02. The Hall–Kier alpha value is -1.82. The van der Waals surface area contributed by atoms with Crippen LogP contribution in [0.25, 0.3) is 0 Å². The molecule has 19 heavy (non-hydrogen) atoms. The summed E-state index contributed by atoms with van der Waals surface area (Å²) in [5, 5.41) is 10.7. The molecule has 0 saturated heterocycles. The highest BCUT2D eigenvalue weighted by atomic mass is 16.4. The molecule has 0 aromatic carbocycles. The molecule has 0 unspecified atom stereocenters. The number of carboxylic acid groups (broad SMARTS) is 1. The smallest absolute Gasteiger partial charge is 0.322 e. The van der Waals surface area contributed by atoms with Gasteiger partial charge in [0, 0.05) is 0 Å². The third-order valence-electron chi connectivity index (χ3n) is 2.60. The van der Waals surface area contributed by atoms with Crippen LogP contribution < -0.4 is 5.32 Å². The number of carboxylic acids is 1. The van der Waals surface area contributed by atoms with E-state index in [-0.39, 0.29) is 5.76 Å². The van der Waals surface area contributed by atoms with Gasteiger partial charge in [0.05, 0.1) is 6.54 Å². The van der Waals surface area contributed by atoms with Crippen molar-refractivity contribution in [2.75, 3.05) is 20.1 Å². The van der Waals surface area contributed by atoms with Crippen LogP contribution in [0.2, 0.25) is 0 Å². The second-order valence-corrected chi connectivity index (χ2v) is 4.43. The number of nitrogens with zero attached hydrogens (tertiary/aromatic N) is 1. The molecule has 0 spiro atoms. The largest absolute Gasteiger partial charge is 0.480 e. The van der Waals surface area contributed by atoms with Crippen LogP contribution in [0.15, 0.2) is 16.5 Å². The summed E-state index contributed by atoms with van der Waals surface area (Å²) in [6, 6.07) is 3.29. The van der Waals surface area contributed by atoms with Crippen LogP contribution in [0.1, 0.15) is 36.1 Å². The Morgan fingerprint density at radius 1 is 1.42 bits per heavy atom. The van der Waals surface area contributed by atoms with Crippen molar-refractivity contribution in [1.82, 2.24) is 10.2 Å². The molecule has 0 aliphatic carbocycles. The van der Waals surface area contributed by atoms with Gasteiger partial charge in [-0.05, 0) is 32.1 Å². The molecule has 1 heterocycles. The number of carbonyl (C=O) groups is 2. The zero-order valence-electron chi connectivity index (χ0n) is 11.3. The summed E-state index contributed by atoms with van der Waals surface area (Å²) in [4.78, 5) is 24.0. The Morgan fingerprint density at radius 2 is 2.16 bits per heavy atom. The van der Waals surface area contributed by atoms with Gasteiger partial charge in [0.25, 0.3) is 5.91 Å². The Labute approximate surface area is 112 Å². The molecule has 0 saturated carbocycles. The number of hydrogen-bond acceptors (Lipinski definition) is 4. The Morgan fingerprint density at radius 3 is 2.79 bits per heavy atom. The van der Waals surface area contributed by atoms with Gasteiger partial charge in [-0.3, -0.25) is 14.5 Å². The topological polar surface area (TPSA) is 82.8 Å². The molecule has 1 rings (SSSR count). The van der Waals surface area contributed by atoms with Gasteiger partial charge in [0.15, 0.2) is 5.76 Å². The summed E-state index contributed by atoms with van der Waals surface area (Å²) < 4.78 is 5.38. The van der Waals surface area contributed by atoms with Crippen LogP contribution in [0.4, 0.5) is 0 Å². The van der Waals surface area contributed by atoms with Crippen LogP contribution in [0, 0.1) is 0 Å². The fraction of sp³-hybridized carbons (Fsp3) is 0.538. The molecule has 0 radical (unpaired) electrons. The molecule has 0 aliphatic heterocycles. The van der Waals surface area contributed by atoms with E-state index in [1.165, 1.54) is 0 Å². The predicted octanol–water partition coefficient (Wildman–Crippen LogP) is 1.33. The van der Waals surface area contributed by atoms with E-state index in [0.717, 1.165) is 19.4 Å². The van der Waals surface area contributed by atoms with Crippen molar-refractivity contribution in [3.63, 3.8) is 0 Å². The van der Waals surface area contributed by atoms with Crippen LogP contribution in [-0.4, -0.2) is 42.0 Å². The molecule has 1 amide bonds. The molecule has 0 atom stereocenters. The summed E-state index contributed by atoms with van der Waals surface area (Å²) in [6.45, 7) is 3.32.